The zero-order chi connectivity index (χ0) is 15.2. The first-order chi connectivity index (χ1) is 10.1. The fourth-order valence-electron chi connectivity index (χ4n) is 2.48. The third kappa shape index (κ3) is 4.84. The molecule has 1 unspecified atom stereocenters. The molecule has 0 aromatic heterocycles. The fraction of sp³-hybridized carbons (Fsp3) is 0.333. The molecule has 0 aliphatic heterocycles. The van der Waals surface area contributed by atoms with Gasteiger partial charge in [0.25, 0.3) is 0 Å². The topological polar surface area (TPSA) is 12.0 Å². The van der Waals surface area contributed by atoms with Crippen LogP contribution >= 0.6 is 27.5 Å². The molecule has 0 aliphatic carbocycles. The first kappa shape index (κ1) is 16.5. The molecule has 0 fully saturated rings. The standard InChI is InChI=1S/C18H21BrClN/c1-3-4-18(15-7-11-17(20)12-8-15)21-13(2)14-5-9-16(19)10-6-14/h5-13,18,21H,3-4H2,1-2H3/t13-,18?/m1/s1. The van der Waals surface area contributed by atoms with Crippen LogP contribution in [0.5, 0.6) is 0 Å². The van der Waals surface area contributed by atoms with Crippen LogP contribution in [0.25, 0.3) is 0 Å². The van der Waals surface area contributed by atoms with Gasteiger partial charge in [-0.25, -0.2) is 0 Å². The van der Waals surface area contributed by atoms with Crippen molar-refractivity contribution in [3.05, 3.63) is 69.2 Å². The molecular formula is C18H21BrClN. The minimum atomic E-state index is 0.310. The highest BCUT2D eigenvalue weighted by atomic mass is 79.9. The van der Waals surface area contributed by atoms with Gasteiger partial charge < -0.3 is 5.32 Å². The van der Waals surface area contributed by atoms with Crippen molar-refractivity contribution in [1.82, 2.24) is 5.32 Å². The second-order valence-corrected chi connectivity index (χ2v) is 6.68. The van der Waals surface area contributed by atoms with Crippen LogP contribution in [0.15, 0.2) is 53.0 Å². The Morgan fingerprint density at radius 2 is 1.57 bits per heavy atom. The van der Waals surface area contributed by atoms with Crippen molar-refractivity contribution in [3.8, 4) is 0 Å². The zero-order valence-electron chi connectivity index (χ0n) is 12.4. The lowest BCUT2D eigenvalue weighted by atomic mass is 9.99. The minimum absolute atomic E-state index is 0.310. The molecule has 2 atom stereocenters. The van der Waals surface area contributed by atoms with E-state index in [-0.39, 0.29) is 0 Å². The van der Waals surface area contributed by atoms with Gasteiger partial charge in [0.2, 0.25) is 0 Å². The van der Waals surface area contributed by atoms with Crippen LogP contribution in [0.1, 0.15) is 49.9 Å². The maximum atomic E-state index is 5.99. The maximum Gasteiger partial charge on any atom is 0.0406 e. The number of rotatable bonds is 6. The summed E-state index contributed by atoms with van der Waals surface area (Å²) in [5.41, 5.74) is 2.60. The summed E-state index contributed by atoms with van der Waals surface area (Å²) in [6, 6.07) is 17.3. The van der Waals surface area contributed by atoms with E-state index in [1.165, 1.54) is 11.1 Å². The summed E-state index contributed by atoms with van der Waals surface area (Å²) < 4.78 is 1.11. The van der Waals surface area contributed by atoms with Gasteiger partial charge in [-0.1, -0.05) is 65.1 Å². The largest absolute Gasteiger partial charge is 0.303 e. The molecule has 0 spiro atoms. The van der Waals surface area contributed by atoms with Crippen LogP contribution in [0.4, 0.5) is 0 Å². The van der Waals surface area contributed by atoms with Gasteiger partial charge in [0.05, 0.1) is 0 Å². The van der Waals surface area contributed by atoms with Gasteiger partial charge in [-0.15, -0.1) is 0 Å². The summed E-state index contributed by atoms with van der Waals surface area (Å²) in [5, 5.41) is 4.52. The van der Waals surface area contributed by atoms with E-state index in [4.69, 9.17) is 11.6 Å². The number of hydrogen-bond donors (Lipinski definition) is 1. The summed E-state index contributed by atoms with van der Waals surface area (Å²) >= 11 is 9.47. The molecule has 3 heteroatoms. The van der Waals surface area contributed by atoms with E-state index in [1.54, 1.807) is 0 Å². The van der Waals surface area contributed by atoms with Crippen LogP contribution in [0.3, 0.4) is 0 Å². The van der Waals surface area contributed by atoms with Crippen molar-refractivity contribution in [2.75, 3.05) is 0 Å². The van der Waals surface area contributed by atoms with Gasteiger partial charge in [0.15, 0.2) is 0 Å². The van der Waals surface area contributed by atoms with Crippen LogP contribution < -0.4 is 5.32 Å². The number of halogens is 2. The van der Waals surface area contributed by atoms with Gasteiger partial charge in [-0.3, -0.25) is 0 Å². The molecule has 2 aromatic rings. The Hall–Kier alpha value is -0.830. The summed E-state index contributed by atoms with van der Waals surface area (Å²) in [6.45, 7) is 4.43. The van der Waals surface area contributed by atoms with Crippen molar-refractivity contribution in [2.45, 2.75) is 38.8 Å². The monoisotopic (exact) mass is 365 g/mol. The first-order valence-corrected chi connectivity index (χ1v) is 8.54. The number of hydrogen-bond acceptors (Lipinski definition) is 1. The summed E-state index contributed by atoms with van der Waals surface area (Å²) in [4.78, 5) is 0. The minimum Gasteiger partial charge on any atom is -0.303 e. The zero-order valence-corrected chi connectivity index (χ0v) is 14.8. The predicted octanol–water partition coefficient (Wildman–Crippen LogP) is 6.29. The molecule has 1 N–H and O–H groups in total. The Kier molecular flexibility index (Phi) is 6.28. The molecule has 0 saturated carbocycles. The second-order valence-electron chi connectivity index (χ2n) is 5.33. The van der Waals surface area contributed by atoms with E-state index >= 15 is 0 Å². The highest BCUT2D eigenvalue weighted by molar-refractivity contribution is 9.10. The number of nitrogens with one attached hydrogen (secondary N) is 1. The van der Waals surface area contributed by atoms with Gasteiger partial charge in [0, 0.05) is 21.6 Å². The average Bonchev–Trinajstić information content (AvgIpc) is 2.48. The third-order valence-electron chi connectivity index (χ3n) is 3.67. The van der Waals surface area contributed by atoms with Crippen LogP contribution in [0.2, 0.25) is 5.02 Å². The van der Waals surface area contributed by atoms with E-state index in [1.807, 2.05) is 12.1 Å². The molecule has 0 bridgehead atoms. The van der Waals surface area contributed by atoms with Crippen molar-refractivity contribution >= 4 is 27.5 Å². The van der Waals surface area contributed by atoms with Crippen LogP contribution in [-0.2, 0) is 0 Å². The van der Waals surface area contributed by atoms with Crippen molar-refractivity contribution in [2.24, 2.45) is 0 Å². The molecule has 0 aliphatic rings. The summed E-state index contributed by atoms with van der Waals surface area (Å²) in [6.07, 6.45) is 2.26. The Bertz CT molecular complexity index is 550. The van der Waals surface area contributed by atoms with Crippen molar-refractivity contribution in [1.29, 1.82) is 0 Å². The lowest BCUT2D eigenvalue weighted by molar-refractivity contribution is 0.439. The Labute approximate surface area is 140 Å². The lowest BCUT2D eigenvalue weighted by Gasteiger charge is -2.24. The molecule has 2 rings (SSSR count). The maximum absolute atomic E-state index is 5.99. The Balaban J connectivity index is 2.11. The van der Waals surface area contributed by atoms with E-state index in [9.17, 15) is 0 Å². The van der Waals surface area contributed by atoms with E-state index in [0.717, 1.165) is 22.3 Å². The van der Waals surface area contributed by atoms with Gasteiger partial charge in [-0.2, -0.15) is 0 Å². The van der Waals surface area contributed by atoms with Crippen LogP contribution in [0, 0.1) is 0 Å². The van der Waals surface area contributed by atoms with E-state index in [0.29, 0.717) is 12.1 Å². The summed E-state index contributed by atoms with van der Waals surface area (Å²) in [7, 11) is 0. The second kappa shape index (κ2) is 7.98. The third-order valence-corrected chi connectivity index (χ3v) is 4.45. The van der Waals surface area contributed by atoms with Crippen molar-refractivity contribution in [3.63, 3.8) is 0 Å². The lowest BCUT2D eigenvalue weighted by Crippen LogP contribution is -2.24. The molecule has 1 nitrogen and oxygen atoms in total. The van der Waals surface area contributed by atoms with Gasteiger partial charge >= 0.3 is 0 Å². The summed E-state index contributed by atoms with van der Waals surface area (Å²) in [5.74, 6) is 0. The highest BCUT2D eigenvalue weighted by Crippen LogP contribution is 2.25. The molecular weight excluding hydrogens is 346 g/mol. The molecule has 0 heterocycles. The molecule has 21 heavy (non-hydrogen) atoms. The molecule has 0 saturated heterocycles. The van der Waals surface area contributed by atoms with E-state index < -0.39 is 0 Å². The molecule has 0 radical (unpaired) electrons. The number of benzene rings is 2. The Morgan fingerprint density at radius 1 is 1.00 bits per heavy atom. The van der Waals surface area contributed by atoms with Crippen LogP contribution in [-0.4, -0.2) is 0 Å². The van der Waals surface area contributed by atoms with E-state index in [2.05, 4.69) is 71.5 Å². The van der Waals surface area contributed by atoms with Gasteiger partial charge in [0.1, 0.15) is 0 Å². The molecule has 2 aromatic carbocycles. The Morgan fingerprint density at radius 3 is 2.14 bits per heavy atom. The quantitative estimate of drug-likeness (QED) is 0.633. The highest BCUT2D eigenvalue weighted by Gasteiger charge is 2.14. The van der Waals surface area contributed by atoms with Gasteiger partial charge in [-0.05, 0) is 48.7 Å². The SMILES string of the molecule is CCCC(N[C@H](C)c1ccc(Br)cc1)c1ccc(Cl)cc1. The predicted molar refractivity (Wildman–Crippen MR) is 94.8 cm³/mol. The first-order valence-electron chi connectivity index (χ1n) is 7.37. The normalized spacial score (nSPS) is 13.9. The molecule has 112 valence electrons. The molecule has 0 amide bonds. The van der Waals surface area contributed by atoms with Crippen molar-refractivity contribution < 1.29 is 0 Å². The smallest absolute Gasteiger partial charge is 0.0406 e. The average molecular weight is 367 g/mol. The fourth-order valence-corrected chi connectivity index (χ4v) is 2.87.